The van der Waals surface area contributed by atoms with Crippen molar-refractivity contribution in [1.82, 2.24) is 0 Å². The summed E-state index contributed by atoms with van der Waals surface area (Å²) in [7, 11) is -0.614. The molecule has 0 spiro atoms. The normalized spacial score (nSPS) is 12.8. The molecule has 1 atom stereocenters. The largest absolute Gasteiger partial charge is 0.451 e. The molecule has 0 aromatic heterocycles. The van der Waals surface area contributed by atoms with Gasteiger partial charge in [-0.25, -0.2) is 14.4 Å². The van der Waals surface area contributed by atoms with Gasteiger partial charge >= 0.3 is 17.9 Å². The van der Waals surface area contributed by atoms with E-state index in [0.29, 0.717) is 36.0 Å². The summed E-state index contributed by atoms with van der Waals surface area (Å²) < 4.78 is 27.4. The number of rotatable bonds is 21. The standard InChI is InChI=1S/C30H26I3O2S.C29H24I3O2S.C28H20I3O2S/c1-3-30(4-2,35-29(34)27-25(31)19-20-26(32)28(27)33)21-15-17-24(18-16-21)36(22-11-7-5-8-12-22)23-13-9-6-10-14-23;1-3-29(2,34-28(33)26-24(30)18-19-25(31)27(26)32)20-14-16-23(17-15-20)35(21-10-6-4-7-11-21)22-12-8-5-9-13-22;29-23-15-16-24(30)26(31)25(23)27(32)33-28(17-18-28)19-11-13-22(14-12-19)34(20-7-3-1-4-8-20)21-9-5-2-6-10-21/h5-20H,3-4H2,1-2H3;4-19H,3H2,1-2H3;1-16H,17-18H2/q3*+1. The Morgan fingerprint density at radius 3 is 0.857 bits per heavy atom. The highest BCUT2D eigenvalue weighted by Crippen LogP contribution is 2.51. The molecule has 12 aromatic rings. The minimum Gasteiger partial charge on any atom is -0.451 e. The SMILES string of the molecule is CCC(C)(OC(=O)c1c(I)ccc(I)c1I)c1ccc([S+](c2ccccc2)c2ccccc2)cc1.CCC(CC)(OC(=O)c1c(I)ccc(I)c1I)c1ccc([S+](c2ccccc2)c2ccccc2)cc1.O=C(OC1(c2ccc([S+](c3ccccc3)c3ccccc3)cc2)CC1)c1c(I)ccc(I)c1I. The average molecular weight is 2450 g/mol. The van der Waals surface area contributed by atoms with Gasteiger partial charge in [-0.1, -0.05) is 166 Å². The van der Waals surface area contributed by atoms with E-state index in [9.17, 15) is 14.4 Å². The van der Waals surface area contributed by atoms with Crippen LogP contribution in [0.3, 0.4) is 0 Å². The van der Waals surface area contributed by atoms with Crippen LogP contribution in [0, 0.1) is 32.1 Å². The molecule has 0 aliphatic heterocycles. The maximum Gasteiger partial charge on any atom is 0.341 e. The molecular weight excluding hydrogens is 2380 g/mol. The summed E-state index contributed by atoms with van der Waals surface area (Å²) in [5, 5.41) is 0. The van der Waals surface area contributed by atoms with Crippen molar-refractivity contribution >= 4 is 254 Å². The molecule has 0 heterocycles. The second-order valence-electron chi connectivity index (χ2n) is 24.5. The summed E-state index contributed by atoms with van der Waals surface area (Å²) >= 11 is 20.2. The van der Waals surface area contributed by atoms with Crippen molar-refractivity contribution in [3.63, 3.8) is 0 Å². The Bertz CT molecular complexity index is 4830. The van der Waals surface area contributed by atoms with E-state index in [2.05, 4.69) is 479 Å². The fraction of sp³-hybridized carbons (Fsp3) is 0.138. The van der Waals surface area contributed by atoms with Crippen molar-refractivity contribution in [2.24, 2.45) is 0 Å². The lowest BCUT2D eigenvalue weighted by Crippen LogP contribution is -2.32. The smallest absolute Gasteiger partial charge is 0.341 e. The van der Waals surface area contributed by atoms with Gasteiger partial charge in [-0.05, 0) is 405 Å². The van der Waals surface area contributed by atoms with Gasteiger partial charge in [0.25, 0.3) is 0 Å². The van der Waals surface area contributed by atoms with Crippen molar-refractivity contribution in [2.75, 3.05) is 0 Å². The zero-order chi connectivity index (χ0) is 74.4. The monoisotopic (exact) mass is 2450 g/mol. The zero-order valence-electron chi connectivity index (χ0n) is 57.3. The molecule has 1 aliphatic rings. The summed E-state index contributed by atoms with van der Waals surface area (Å²) in [5.41, 5.74) is 3.16. The first-order valence-electron chi connectivity index (χ1n) is 33.7. The highest BCUT2D eigenvalue weighted by atomic mass is 127. The van der Waals surface area contributed by atoms with Gasteiger partial charge < -0.3 is 14.2 Å². The molecule has 0 saturated heterocycles. The molecule has 1 saturated carbocycles. The molecule has 6 nitrogen and oxygen atoms in total. The van der Waals surface area contributed by atoms with E-state index in [-0.39, 0.29) is 50.6 Å². The summed E-state index contributed by atoms with van der Waals surface area (Å²) in [4.78, 5) is 51.4. The van der Waals surface area contributed by atoms with Gasteiger partial charge in [0.1, 0.15) is 16.8 Å². The van der Waals surface area contributed by atoms with Crippen LogP contribution in [0.4, 0.5) is 0 Å². The van der Waals surface area contributed by atoms with Gasteiger partial charge in [0.05, 0.1) is 49.4 Å². The first-order valence-corrected chi connectivity index (χ1v) is 47.1. The van der Waals surface area contributed by atoms with Gasteiger partial charge in [0.2, 0.25) is 0 Å². The third-order valence-corrected chi connectivity index (χ3v) is 36.5. The lowest BCUT2D eigenvalue weighted by molar-refractivity contribution is -0.0266. The van der Waals surface area contributed by atoms with Gasteiger partial charge in [0.15, 0.2) is 44.1 Å². The molecule has 0 bridgehead atoms. The minimum absolute atomic E-state index is 0.189. The number of carbonyl (C=O) groups is 3. The number of carbonyl (C=O) groups excluding carboxylic acids is 3. The highest BCUT2D eigenvalue weighted by molar-refractivity contribution is 14.1. The molecule has 0 radical (unpaired) electrons. The summed E-state index contributed by atoms with van der Waals surface area (Å²) in [6, 6.07) is 102. The van der Waals surface area contributed by atoms with E-state index >= 15 is 0 Å². The van der Waals surface area contributed by atoms with Gasteiger partial charge in [-0.3, -0.25) is 0 Å². The third kappa shape index (κ3) is 20.1. The number of halogens is 9. The molecule has 532 valence electrons. The van der Waals surface area contributed by atoms with E-state index in [1.165, 1.54) is 44.1 Å². The number of benzene rings is 12. The number of ether oxygens (including phenoxy) is 3. The predicted octanol–water partition coefficient (Wildman–Crippen LogP) is 27.0. The lowest BCUT2D eigenvalue weighted by Gasteiger charge is -2.32. The Kier molecular flexibility index (Phi) is 30.5. The highest BCUT2D eigenvalue weighted by Gasteiger charge is 2.50. The second kappa shape index (κ2) is 38.7. The van der Waals surface area contributed by atoms with E-state index < -0.39 is 16.8 Å². The fourth-order valence-corrected chi connectivity index (χ4v) is 25.1. The van der Waals surface area contributed by atoms with Crippen LogP contribution in [0.25, 0.3) is 0 Å². The van der Waals surface area contributed by atoms with Crippen LogP contribution in [-0.4, -0.2) is 17.9 Å². The van der Waals surface area contributed by atoms with Gasteiger partial charge in [-0.2, -0.15) is 0 Å². The summed E-state index contributed by atoms with van der Waals surface area (Å²) in [6.07, 6.45) is 3.80. The zero-order valence-corrected chi connectivity index (χ0v) is 79.2. The van der Waals surface area contributed by atoms with Crippen LogP contribution < -0.4 is 0 Å². The summed E-state index contributed by atoms with van der Waals surface area (Å²) in [5.74, 6) is -0.773. The van der Waals surface area contributed by atoms with Gasteiger partial charge in [-0.15, -0.1) is 0 Å². The average Bonchev–Trinajstić information content (AvgIpc) is 1.59. The van der Waals surface area contributed by atoms with E-state index in [1.54, 1.807) is 0 Å². The third-order valence-electron chi connectivity index (χ3n) is 18.0. The Balaban J connectivity index is 0.000000157. The first kappa shape index (κ1) is 82.6. The Morgan fingerprint density at radius 2 is 0.571 bits per heavy atom. The second-order valence-corrected chi connectivity index (χ2v) is 40.8. The van der Waals surface area contributed by atoms with E-state index in [1.807, 2.05) is 43.3 Å². The van der Waals surface area contributed by atoms with Crippen molar-refractivity contribution in [3.05, 3.63) is 357 Å². The van der Waals surface area contributed by atoms with Crippen LogP contribution in [0.15, 0.2) is 335 Å². The van der Waals surface area contributed by atoms with Crippen LogP contribution >= 0.6 is 203 Å². The van der Waals surface area contributed by atoms with Crippen LogP contribution in [-0.2, 0) is 63.7 Å². The molecule has 1 unspecified atom stereocenters. The molecular formula is C87H70I9O6S3+3. The molecule has 105 heavy (non-hydrogen) atoms. The molecule has 1 fully saturated rings. The molecule has 0 N–H and O–H groups in total. The number of esters is 3. The number of hydrogen-bond donors (Lipinski definition) is 0. The van der Waals surface area contributed by atoms with Crippen LogP contribution in [0.2, 0.25) is 0 Å². The summed E-state index contributed by atoms with van der Waals surface area (Å²) in [6.45, 7) is 8.24. The van der Waals surface area contributed by atoms with Crippen molar-refractivity contribution in [3.8, 4) is 0 Å². The Hall–Kier alpha value is -3.33. The quantitative estimate of drug-likeness (QED) is 0.0234. The van der Waals surface area contributed by atoms with Crippen molar-refractivity contribution < 1.29 is 28.6 Å². The Morgan fingerprint density at radius 1 is 0.314 bits per heavy atom. The predicted molar refractivity (Wildman–Crippen MR) is 505 cm³/mol. The van der Waals surface area contributed by atoms with Crippen LogP contribution in [0.5, 0.6) is 0 Å². The molecule has 18 heteroatoms. The first-order chi connectivity index (χ1) is 50.7. The van der Waals surface area contributed by atoms with E-state index in [4.69, 9.17) is 14.2 Å². The van der Waals surface area contributed by atoms with Gasteiger partial charge in [0, 0.05) is 32.1 Å². The Labute approximate surface area is 748 Å². The maximum atomic E-state index is 13.5. The molecule has 13 rings (SSSR count). The van der Waals surface area contributed by atoms with Crippen molar-refractivity contribution in [2.45, 2.75) is 121 Å². The topological polar surface area (TPSA) is 78.9 Å². The maximum absolute atomic E-state index is 13.5. The van der Waals surface area contributed by atoms with Crippen molar-refractivity contribution in [1.29, 1.82) is 0 Å². The molecule has 12 aromatic carbocycles. The fourth-order valence-electron chi connectivity index (χ4n) is 11.9. The molecule has 0 amide bonds. The lowest BCUT2D eigenvalue weighted by atomic mass is 9.88. The van der Waals surface area contributed by atoms with Crippen LogP contribution in [0.1, 0.15) is 108 Å². The number of hydrogen-bond acceptors (Lipinski definition) is 6. The minimum atomic E-state index is -0.721. The van der Waals surface area contributed by atoms with E-state index in [0.717, 1.165) is 61.7 Å². The molecule has 1 aliphatic carbocycles.